The molecule has 8 aromatic carbocycles. The molecule has 242 valence electrons. The van der Waals surface area contributed by atoms with Crippen molar-refractivity contribution >= 4 is 95.6 Å². The zero-order valence-electron chi connectivity index (χ0n) is 27.9. The van der Waals surface area contributed by atoms with Gasteiger partial charge >= 0.3 is 0 Å². The predicted molar refractivity (Wildman–Crippen MR) is 223 cm³/mol. The number of fused-ring (bicyclic) bond motifs is 16. The van der Waals surface area contributed by atoms with Crippen molar-refractivity contribution in [3.05, 3.63) is 168 Å². The number of hydrogen-bond acceptors (Lipinski definition) is 4. The molecule has 0 radical (unpaired) electrons. The molecule has 1 aliphatic carbocycles. The van der Waals surface area contributed by atoms with E-state index < -0.39 is 0 Å². The van der Waals surface area contributed by atoms with Crippen molar-refractivity contribution in [1.82, 2.24) is 9.97 Å². The molecule has 1 atom stereocenters. The Morgan fingerprint density at radius 1 is 0.519 bits per heavy atom. The van der Waals surface area contributed by atoms with Gasteiger partial charge in [0.25, 0.3) is 0 Å². The molecular formula is C48H28N2S2. The highest BCUT2D eigenvalue weighted by atomic mass is 32.1. The summed E-state index contributed by atoms with van der Waals surface area (Å²) in [7, 11) is 0. The topological polar surface area (TPSA) is 25.8 Å². The van der Waals surface area contributed by atoms with E-state index in [1.807, 2.05) is 11.3 Å². The van der Waals surface area contributed by atoms with Crippen molar-refractivity contribution in [2.24, 2.45) is 0 Å². The summed E-state index contributed by atoms with van der Waals surface area (Å²) in [5.74, 6) is -0.0000786. The monoisotopic (exact) mass is 696 g/mol. The lowest BCUT2D eigenvalue weighted by Gasteiger charge is -2.30. The minimum absolute atomic E-state index is 0.0000786. The van der Waals surface area contributed by atoms with E-state index in [-0.39, 0.29) is 5.92 Å². The number of nitrogens with zero attached hydrogens (tertiary/aromatic N) is 2. The number of thiophene rings is 2. The lowest BCUT2D eigenvalue weighted by molar-refractivity contribution is 0.776. The molecule has 12 rings (SSSR count). The van der Waals surface area contributed by atoms with E-state index in [9.17, 15) is 0 Å². The first-order chi connectivity index (χ1) is 25.8. The molecular weight excluding hydrogens is 669 g/mol. The van der Waals surface area contributed by atoms with Crippen LogP contribution >= 0.6 is 22.7 Å². The van der Waals surface area contributed by atoms with Crippen LogP contribution in [0.2, 0.25) is 0 Å². The van der Waals surface area contributed by atoms with Gasteiger partial charge in [0.1, 0.15) is 10.3 Å². The molecule has 0 N–H and O–H groups in total. The van der Waals surface area contributed by atoms with E-state index in [0.717, 1.165) is 33.7 Å². The number of benzene rings is 8. The second-order valence-electron chi connectivity index (χ2n) is 14.0. The van der Waals surface area contributed by atoms with Crippen LogP contribution in [0.1, 0.15) is 22.7 Å². The van der Waals surface area contributed by atoms with Crippen LogP contribution in [0.15, 0.2) is 152 Å². The Labute approximate surface area is 307 Å². The molecule has 3 heterocycles. The van der Waals surface area contributed by atoms with E-state index >= 15 is 0 Å². The summed E-state index contributed by atoms with van der Waals surface area (Å²) in [6, 6.07) is 55.6. The Morgan fingerprint density at radius 3 is 2.13 bits per heavy atom. The number of rotatable bonds is 2. The number of hydrogen-bond donors (Lipinski definition) is 0. The molecule has 0 fully saturated rings. The van der Waals surface area contributed by atoms with Gasteiger partial charge in [-0.25, -0.2) is 9.97 Å². The Balaban J connectivity index is 1.25. The highest BCUT2D eigenvalue weighted by Crippen LogP contribution is 2.55. The molecule has 0 aliphatic heterocycles. The van der Waals surface area contributed by atoms with Gasteiger partial charge in [-0.15, -0.1) is 22.7 Å². The third-order valence-corrected chi connectivity index (χ3v) is 13.5. The number of aromatic nitrogens is 2. The molecule has 1 aliphatic rings. The van der Waals surface area contributed by atoms with Crippen LogP contribution < -0.4 is 0 Å². The van der Waals surface area contributed by atoms with Gasteiger partial charge in [-0.3, -0.25) is 0 Å². The first-order valence-electron chi connectivity index (χ1n) is 17.8. The van der Waals surface area contributed by atoms with Crippen LogP contribution in [-0.4, -0.2) is 9.97 Å². The fourth-order valence-electron chi connectivity index (χ4n) is 8.91. The Bertz CT molecular complexity index is 3300. The van der Waals surface area contributed by atoms with Gasteiger partial charge in [-0.1, -0.05) is 140 Å². The molecule has 4 heteroatoms. The highest BCUT2D eigenvalue weighted by Gasteiger charge is 2.34. The molecule has 11 aromatic rings. The summed E-state index contributed by atoms with van der Waals surface area (Å²) in [5, 5.41) is 11.5. The van der Waals surface area contributed by atoms with E-state index in [1.165, 1.54) is 84.8 Å². The second-order valence-corrected chi connectivity index (χ2v) is 16.0. The molecule has 0 saturated heterocycles. The maximum absolute atomic E-state index is 5.72. The van der Waals surface area contributed by atoms with E-state index in [1.54, 1.807) is 11.3 Å². The van der Waals surface area contributed by atoms with Crippen LogP contribution in [0.5, 0.6) is 0 Å². The van der Waals surface area contributed by atoms with Crippen LogP contribution in [-0.2, 0) is 6.42 Å². The summed E-state index contributed by atoms with van der Waals surface area (Å²) >= 11 is 3.71. The molecule has 3 aromatic heterocycles. The average Bonchev–Trinajstić information content (AvgIpc) is 3.79. The normalized spacial score (nSPS) is 14.3. The van der Waals surface area contributed by atoms with Crippen molar-refractivity contribution in [1.29, 1.82) is 0 Å². The van der Waals surface area contributed by atoms with Crippen molar-refractivity contribution in [2.45, 2.75) is 12.3 Å². The quantitative estimate of drug-likeness (QED) is 0.180. The molecule has 0 saturated carbocycles. The highest BCUT2D eigenvalue weighted by molar-refractivity contribution is 7.27. The average molecular weight is 697 g/mol. The third-order valence-electron chi connectivity index (χ3n) is 11.2. The van der Waals surface area contributed by atoms with Crippen LogP contribution in [0.25, 0.3) is 95.3 Å². The smallest absolute Gasteiger partial charge is 0.143 e. The minimum atomic E-state index is -0.0000786. The Kier molecular flexibility index (Phi) is 5.96. The summed E-state index contributed by atoms with van der Waals surface area (Å²) in [5.41, 5.74) is 9.55. The first-order valence-corrected chi connectivity index (χ1v) is 19.5. The van der Waals surface area contributed by atoms with Gasteiger partial charge in [-0.05, 0) is 73.1 Å². The maximum atomic E-state index is 5.72. The van der Waals surface area contributed by atoms with Gasteiger partial charge in [-0.2, -0.15) is 0 Å². The molecule has 52 heavy (non-hydrogen) atoms. The van der Waals surface area contributed by atoms with E-state index in [0.29, 0.717) is 0 Å². The van der Waals surface area contributed by atoms with Crippen molar-refractivity contribution < 1.29 is 0 Å². The van der Waals surface area contributed by atoms with Gasteiger partial charge in [0.05, 0.1) is 11.4 Å². The van der Waals surface area contributed by atoms with Crippen molar-refractivity contribution in [2.75, 3.05) is 0 Å². The standard InChI is InChI=1S/C48H28N2S2/c1-2-13-29-25-31(22-21-27(29)11-1)43-44(50-48-45(49-43)36-19-9-10-20-39(36)51-48)38-26-30-14-4-5-15-32(30)40-34-17-7-8-18-35(34)41-37-24-23-28-12-3-6-16-33(28)46(37)52-47(41)42(38)40/h1-25,38H,26H2. The summed E-state index contributed by atoms with van der Waals surface area (Å²) < 4.78 is 3.94. The minimum Gasteiger partial charge on any atom is -0.243 e. The lowest BCUT2D eigenvalue weighted by Crippen LogP contribution is -2.16. The largest absolute Gasteiger partial charge is 0.243 e. The lowest BCUT2D eigenvalue weighted by atomic mass is 9.74. The summed E-state index contributed by atoms with van der Waals surface area (Å²) in [6.45, 7) is 0. The Hall–Kier alpha value is -5.94. The zero-order chi connectivity index (χ0) is 33.9. The van der Waals surface area contributed by atoms with Gasteiger partial charge in [0, 0.05) is 41.7 Å². The fraction of sp³-hybridized carbons (Fsp3) is 0.0417. The Morgan fingerprint density at radius 2 is 1.23 bits per heavy atom. The van der Waals surface area contributed by atoms with Crippen LogP contribution in [0.4, 0.5) is 0 Å². The SMILES string of the molecule is c1ccc2c(c1)CC(c1nc3sc4ccccc4c3nc1-c1ccc3ccccc3c1)c1c-2c2ccccc2c2c1sc1c3ccccc3ccc12. The van der Waals surface area contributed by atoms with Crippen LogP contribution in [0, 0.1) is 0 Å². The molecule has 0 amide bonds. The zero-order valence-corrected chi connectivity index (χ0v) is 29.6. The van der Waals surface area contributed by atoms with E-state index in [2.05, 4.69) is 152 Å². The predicted octanol–water partition coefficient (Wildman–Crippen LogP) is 13.7. The fourth-order valence-corrected chi connectivity index (χ4v) is 11.4. The van der Waals surface area contributed by atoms with Crippen LogP contribution in [0.3, 0.4) is 0 Å². The molecule has 0 spiro atoms. The molecule has 0 bridgehead atoms. The van der Waals surface area contributed by atoms with Crippen molar-refractivity contribution in [3.63, 3.8) is 0 Å². The van der Waals surface area contributed by atoms with Crippen molar-refractivity contribution in [3.8, 4) is 22.4 Å². The van der Waals surface area contributed by atoms with E-state index in [4.69, 9.17) is 9.97 Å². The summed E-state index contributed by atoms with van der Waals surface area (Å²) in [6.07, 6.45) is 0.858. The van der Waals surface area contributed by atoms with Gasteiger partial charge in [0.2, 0.25) is 0 Å². The summed E-state index contributed by atoms with van der Waals surface area (Å²) in [4.78, 5) is 12.3. The molecule has 2 nitrogen and oxygen atoms in total. The van der Waals surface area contributed by atoms with Gasteiger partial charge in [0.15, 0.2) is 0 Å². The second kappa shape index (κ2) is 10.8. The van der Waals surface area contributed by atoms with Gasteiger partial charge < -0.3 is 0 Å². The maximum Gasteiger partial charge on any atom is 0.143 e. The third kappa shape index (κ3) is 3.99. The molecule has 1 unspecified atom stereocenters. The first kappa shape index (κ1) is 28.7.